The highest BCUT2D eigenvalue weighted by atomic mass is 16.3. The number of nitrogens with one attached hydrogen (secondary N) is 1. The molecule has 0 spiro atoms. The maximum absolute atomic E-state index is 12.2. The van der Waals surface area contributed by atoms with Gasteiger partial charge in [-0.15, -0.1) is 0 Å². The maximum atomic E-state index is 12.2. The van der Waals surface area contributed by atoms with Crippen molar-refractivity contribution in [3.8, 4) is 0 Å². The molecular formula is C16H17N3O3. The van der Waals surface area contributed by atoms with Crippen molar-refractivity contribution >= 4 is 17.5 Å². The number of hydrogen-bond acceptors (Lipinski definition) is 4. The first-order valence-electron chi connectivity index (χ1n) is 7.19. The number of anilines is 1. The normalized spacial score (nSPS) is 13.9. The average Bonchev–Trinajstić information content (AvgIpc) is 3.13. The molecule has 1 aromatic heterocycles. The lowest BCUT2D eigenvalue weighted by Crippen LogP contribution is -2.19. The van der Waals surface area contributed by atoms with E-state index in [1.54, 1.807) is 25.1 Å². The molecule has 3 N–H and O–H groups in total. The second-order valence-corrected chi connectivity index (χ2v) is 5.59. The third-order valence-corrected chi connectivity index (χ3v) is 3.71. The van der Waals surface area contributed by atoms with Gasteiger partial charge in [0.25, 0.3) is 11.8 Å². The molecular weight excluding hydrogens is 282 g/mol. The van der Waals surface area contributed by atoms with Crippen molar-refractivity contribution in [1.82, 2.24) is 4.98 Å². The highest BCUT2D eigenvalue weighted by Gasteiger charge is 2.25. The first-order chi connectivity index (χ1) is 10.5. The van der Waals surface area contributed by atoms with Crippen molar-refractivity contribution in [3.63, 3.8) is 0 Å². The Morgan fingerprint density at radius 1 is 1.41 bits per heavy atom. The smallest absolute Gasteiger partial charge is 0.277 e. The number of aromatic nitrogens is 1. The Hall–Kier alpha value is -2.63. The molecule has 0 bridgehead atoms. The molecule has 0 radical (unpaired) electrons. The second kappa shape index (κ2) is 5.63. The molecule has 1 fully saturated rings. The van der Waals surface area contributed by atoms with Gasteiger partial charge in [-0.25, -0.2) is 4.98 Å². The minimum absolute atomic E-state index is 0.201. The van der Waals surface area contributed by atoms with Crippen molar-refractivity contribution in [1.29, 1.82) is 0 Å². The highest BCUT2D eigenvalue weighted by molar-refractivity contribution is 6.08. The van der Waals surface area contributed by atoms with Crippen LogP contribution >= 0.6 is 0 Å². The van der Waals surface area contributed by atoms with Crippen LogP contribution in [0, 0.1) is 12.8 Å². The number of oxazole rings is 1. The monoisotopic (exact) mass is 299 g/mol. The molecule has 0 atom stereocenters. The lowest BCUT2D eigenvalue weighted by Gasteiger charge is -2.09. The van der Waals surface area contributed by atoms with Gasteiger partial charge in [0.15, 0.2) is 11.6 Å². The largest absolute Gasteiger partial charge is 0.448 e. The minimum atomic E-state index is -0.581. The van der Waals surface area contributed by atoms with E-state index in [1.165, 1.54) is 19.1 Å². The number of carbonyl (C=O) groups excluding carboxylic acids is 2. The molecule has 1 saturated carbocycles. The van der Waals surface area contributed by atoms with Crippen LogP contribution in [0.4, 0.5) is 5.69 Å². The van der Waals surface area contributed by atoms with Crippen LogP contribution in [0.15, 0.2) is 28.9 Å². The summed E-state index contributed by atoms with van der Waals surface area (Å²) in [5, 5.41) is 2.67. The fraction of sp³-hybridized carbons (Fsp3) is 0.312. The molecule has 1 aliphatic carbocycles. The Balaban J connectivity index is 1.77. The van der Waals surface area contributed by atoms with Crippen molar-refractivity contribution in [2.75, 3.05) is 5.32 Å². The summed E-state index contributed by atoms with van der Waals surface area (Å²) in [6, 6.07) is 5.15. The number of nitrogens with zero attached hydrogens (tertiary/aromatic N) is 1. The van der Waals surface area contributed by atoms with E-state index in [0.29, 0.717) is 28.6 Å². The molecule has 6 heteroatoms. The third-order valence-electron chi connectivity index (χ3n) is 3.71. The fourth-order valence-corrected chi connectivity index (χ4v) is 2.36. The van der Waals surface area contributed by atoms with E-state index in [9.17, 15) is 9.59 Å². The Kier molecular flexibility index (Phi) is 3.66. The number of primary amides is 1. The Morgan fingerprint density at radius 3 is 2.86 bits per heavy atom. The molecule has 1 aliphatic rings. The summed E-state index contributed by atoms with van der Waals surface area (Å²) in [6.45, 7) is 1.76. The van der Waals surface area contributed by atoms with Crippen molar-refractivity contribution in [3.05, 3.63) is 47.2 Å². The van der Waals surface area contributed by atoms with Gasteiger partial charge in [-0.2, -0.15) is 0 Å². The number of carbonyl (C=O) groups is 2. The molecule has 3 rings (SSSR count). The summed E-state index contributed by atoms with van der Waals surface area (Å²) in [7, 11) is 0. The Bertz CT molecular complexity index is 732. The topological polar surface area (TPSA) is 98.2 Å². The van der Waals surface area contributed by atoms with E-state index < -0.39 is 11.8 Å². The Morgan fingerprint density at radius 2 is 2.18 bits per heavy atom. The van der Waals surface area contributed by atoms with E-state index in [2.05, 4.69) is 10.3 Å². The minimum Gasteiger partial charge on any atom is -0.448 e. The number of benzene rings is 1. The van der Waals surface area contributed by atoms with Crippen LogP contribution in [-0.4, -0.2) is 16.8 Å². The highest BCUT2D eigenvalue weighted by Crippen LogP contribution is 2.32. The van der Waals surface area contributed by atoms with Crippen LogP contribution in [-0.2, 0) is 6.42 Å². The van der Waals surface area contributed by atoms with Crippen molar-refractivity contribution < 1.29 is 14.0 Å². The molecule has 6 nitrogen and oxygen atoms in total. The van der Waals surface area contributed by atoms with E-state index in [-0.39, 0.29) is 5.69 Å². The molecule has 2 aromatic rings. The average molecular weight is 299 g/mol. The van der Waals surface area contributed by atoms with Crippen molar-refractivity contribution in [2.45, 2.75) is 26.2 Å². The van der Waals surface area contributed by atoms with E-state index >= 15 is 0 Å². The van der Waals surface area contributed by atoms with Gasteiger partial charge in [0, 0.05) is 6.42 Å². The zero-order chi connectivity index (χ0) is 15.7. The zero-order valence-electron chi connectivity index (χ0n) is 12.3. The Labute approximate surface area is 127 Å². The number of rotatable bonds is 5. The lowest BCUT2D eigenvalue weighted by atomic mass is 10.1. The SMILES string of the molecule is Cc1cccc(NC(=O)c2coc(CC3CC3)n2)c1C(N)=O. The summed E-state index contributed by atoms with van der Waals surface area (Å²) < 4.78 is 5.31. The second-order valence-electron chi connectivity index (χ2n) is 5.59. The van der Waals surface area contributed by atoms with Gasteiger partial charge in [-0.1, -0.05) is 12.1 Å². The maximum Gasteiger partial charge on any atom is 0.277 e. The summed E-state index contributed by atoms with van der Waals surface area (Å²) >= 11 is 0. The van der Waals surface area contributed by atoms with Gasteiger partial charge in [0.05, 0.1) is 11.3 Å². The number of amides is 2. The predicted octanol–water partition coefficient (Wildman–Crippen LogP) is 2.29. The molecule has 0 aliphatic heterocycles. The van der Waals surface area contributed by atoms with Gasteiger partial charge >= 0.3 is 0 Å². The van der Waals surface area contributed by atoms with Gasteiger partial charge in [-0.3, -0.25) is 9.59 Å². The quantitative estimate of drug-likeness (QED) is 0.884. The van der Waals surface area contributed by atoms with Crippen LogP contribution in [0.1, 0.15) is 45.1 Å². The van der Waals surface area contributed by atoms with Gasteiger partial charge < -0.3 is 15.5 Å². The van der Waals surface area contributed by atoms with E-state index in [0.717, 1.165) is 6.42 Å². The lowest BCUT2D eigenvalue weighted by molar-refractivity contribution is 0.100. The predicted molar refractivity (Wildman–Crippen MR) is 80.6 cm³/mol. The molecule has 1 aromatic carbocycles. The summed E-state index contributed by atoms with van der Waals surface area (Å²) in [6.07, 6.45) is 4.49. The van der Waals surface area contributed by atoms with Gasteiger partial charge in [0.1, 0.15) is 6.26 Å². The van der Waals surface area contributed by atoms with Gasteiger partial charge in [0.2, 0.25) is 0 Å². The molecule has 0 saturated heterocycles. The molecule has 0 unspecified atom stereocenters. The number of hydrogen-bond donors (Lipinski definition) is 2. The molecule has 22 heavy (non-hydrogen) atoms. The first-order valence-corrected chi connectivity index (χ1v) is 7.19. The first kappa shape index (κ1) is 14.3. The number of aryl methyl sites for hydroxylation is 1. The van der Waals surface area contributed by atoms with Crippen LogP contribution < -0.4 is 11.1 Å². The van der Waals surface area contributed by atoms with E-state index in [1.807, 2.05) is 0 Å². The molecule has 1 heterocycles. The molecule has 114 valence electrons. The van der Waals surface area contributed by atoms with Gasteiger partial charge in [-0.05, 0) is 37.3 Å². The van der Waals surface area contributed by atoms with Crippen LogP contribution in [0.3, 0.4) is 0 Å². The van der Waals surface area contributed by atoms with Crippen LogP contribution in [0.25, 0.3) is 0 Å². The summed E-state index contributed by atoms with van der Waals surface area (Å²) in [5.41, 5.74) is 6.96. The van der Waals surface area contributed by atoms with E-state index in [4.69, 9.17) is 10.2 Å². The standard InChI is InChI=1S/C16H17N3O3/c1-9-3-2-4-11(14(9)15(17)20)19-16(21)12-8-22-13(18-12)7-10-5-6-10/h2-4,8,10H,5-7H2,1H3,(H2,17,20)(H,19,21). The van der Waals surface area contributed by atoms with Crippen LogP contribution in [0.5, 0.6) is 0 Å². The van der Waals surface area contributed by atoms with Crippen molar-refractivity contribution in [2.24, 2.45) is 11.7 Å². The zero-order valence-corrected chi connectivity index (χ0v) is 12.3. The summed E-state index contributed by atoms with van der Waals surface area (Å²) in [5.74, 6) is 0.210. The summed E-state index contributed by atoms with van der Waals surface area (Å²) in [4.78, 5) is 27.9. The number of nitrogens with two attached hydrogens (primary N) is 1. The third kappa shape index (κ3) is 3.00. The fourth-order valence-electron chi connectivity index (χ4n) is 2.36. The molecule has 2 amide bonds. The van der Waals surface area contributed by atoms with Crippen LogP contribution in [0.2, 0.25) is 0 Å².